The highest BCUT2D eigenvalue weighted by molar-refractivity contribution is 14.1. The summed E-state index contributed by atoms with van der Waals surface area (Å²) in [6, 6.07) is 14.8. The van der Waals surface area contributed by atoms with Gasteiger partial charge in [-0.25, -0.2) is 4.98 Å². The Morgan fingerprint density at radius 1 is 1.00 bits per heavy atom. The number of anilines is 4. The number of hydrogen-bond acceptors (Lipinski definition) is 4. The molecule has 3 aromatic rings. The molecule has 1 aromatic heterocycles. The number of halogens is 4. The fourth-order valence-corrected chi connectivity index (χ4v) is 3.06. The van der Waals surface area contributed by atoms with E-state index in [-0.39, 0.29) is 11.8 Å². The number of nitrogens with one attached hydrogen (secondary N) is 1. The van der Waals surface area contributed by atoms with Crippen LogP contribution in [-0.4, -0.2) is 17.0 Å². The van der Waals surface area contributed by atoms with E-state index in [2.05, 4.69) is 51.7 Å². The van der Waals surface area contributed by atoms with E-state index in [1.165, 1.54) is 0 Å². The molecule has 0 aliphatic rings. The predicted octanol–water partition coefficient (Wildman–Crippen LogP) is 6.73. The van der Waals surface area contributed by atoms with Crippen molar-refractivity contribution in [3.63, 3.8) is 0 Å². The summed E-state index contributed by atoms with van der Waals surface area (Å²) in [5.41, 5.74) is 1.50. The van der Waals surface area contributed by atoms with Gasteiger partial charge in [0.15, 0.2) is 0 Å². The van der Waals surface area contributed by atoms with E-state index in [4.69, 9.17) is 0 Å². The van der Waals surface area contributed by atoms with Crippen molar-refractivity contribution < 1.29 is 13.2 Å². The van der Waals surface area contributed by atoms with Gasteiger partial charge in [0.05, 0.1) is 0 Å². The van der Waals surface area contributed by atoms with Crippen molar-refractivity contribution in [1.29, 1.82) is 0 Å². The molecule has 0 saturated carbocycles. The molecule has 0 radical (unpaired) electrons. The Labute approximate surface area is 181 Å². The zero-order valence-corrected chi connectivity index (χ0v) is 18.3. The molecule has 0 aliphatic carbocycles. The molecule has 0 amide bonds. The van der Waals surface area contributed by atoms with Gasteiger partial charge < -0.3 is 10.2 Å². The normalized spacial score (nSPS) is 11.6. The Hall–Kier alpha value is -2.36. The fourth-order valence-electron chi connectivity index (χ4n) is 2.71. The Bertz CT molecular complexity index is 971. The highest BCUT2D eigenvalue weighted by Gasteiger charge is 2.35. The van der Waals surface area contributed by atoms with Gasteiger partial charge in [0.2, 0.25) is 5.95 Å². The van der Waals surface area contributed by atoms with Gasteiger partial charge >= 0.3 is 6.18 Å². The van der Waals surface area contributed by atoms with Crippen LogP contribution in [-0.2, 0) is 6.18 Å². The summed E-state index contributed by atoms with van der Waals surface area (Å²) in [7, 11) is 1.71. The van der Waals surface area contributed by atoms with Crippen molar-refractivity contribution in [2.45, 2.75) is 25.9 Å². The van der Waals surface area contributed by atoms with Crippen LogP contribution in [0, 0.1) is 3.57 Å². The molecule has 0 unspecified atom stereocenters. The molecular weight excluding hydrogens is 492 g/mol. The van der Waals surface area contributed by atoms with Gasteiger partial charge in [0.25, 0.3) is 0 Å². The number of alkyl halides is 3. The van der Waals surface area contributed by atoms with Crippen LogP contribution in [0.3, 0.4) is 0 Å². The maximum absolute atomic E-state index is 13.5. The minimum Gasteiger partial charge on any atom is -0.340 e. The molecule has 0 spiro atoms. The second-order valence-corrected chi connectivity index (χ2v) is 8.11. The van der Waals surface area contributed by atoms with Crippen molar-refractivity contribution in [2.75, 3.05) is 17.3 Å². The fraction of sp³-hybridized carbons (Fsp3) is 0.238. The first-order chi connectivity index (χ1) is 13.6. The van der Waals surface area contributed by atoms with E-state index in [1.54, 1.807) is 24.1 Å². The summed E-state index contributed by atoms with van der Waals surface area (Å²) in [6.07, 6.45) is -3.75. The second kappa shape index (κ2) is 8.56. The zero-order chi connectivity index (χ0) is 21.2. The summed E-state index contributed by atoms with van der Waals surface area (Å²) in [5.74, 6) is 0.223. The predicted molar refractivity (Wildman–Crippen MR) is 118 cm³/mol. The quantitative estimate of drug-likeness (QED) is 0.385. The van der Waals surface area contributed by atoms with Crippen LogP contribution >= 0.6 is 22.6 Å². The van der Waals surface area contributed by atoms with Crippen molar-refractivity contribution in [1.82, 2.24) is 9.97 Å². The Morgan fingerprint density at radius 2 is 1.62 bits per heavy atom. The van der Waals surface area contributed by atoms with Crippen molar-refractivity contribution in [2.24, 2.45) is 0 Å². The summed E-state index contributed by atoms with van der Waals surface area (Å²) >= 11 is 2.19. The van der Waals surface area contributed by atoms with E-state index in [9.17, 15) is 13.2 Å². The topological polar surface area (TPSA) is 41.1 Å². The minimum absolute atomic E-state index is 0.167. The van der Waals surface area contributed by atoms with Crippen LogP contribution in [0.5, 0.6) is 0 Å². The number of aromatic nitrogens is 2. The van der Waals surface area contributed by atoms with E-state index in [0.29, 0.717) is 11.6 Å². The molecule has 29 heavy (non-hydrogen) atoms. The van der Waals surface area contributed by atoms with E-state index >= 15 is 0 Å². The molecule has 0 atom stereocenters. The lowest BCUT2D eigenvalue weighted by molar-refractivity contribution is -0.137. The Morgan fingerprint density at radius 3 is 2.17 bits per heavy atom. The summed E-state index contributed by atoms with van der Waals surface area (Å²) in [4.78, 5) is 9.75. The van der Waals surface area contributed by atoms with Gasteiger partial charge in [0, 0.05) is 28.2 Å². The first-order valence-corrected chi connectivity index (χ1v) is 10.0. The SMILES string of the molecule is CC(C)c1ccc(Nc2nc(N(C)c3ccc(I)cc3)ncc2C(F)(F)F)cc1. The lowest BCUT2D eigenvalue weighted by Gasteiger charge is -2.20. The number of rotatable bonds is 5. The van der Waals surface area contributed by atoms with Gasteiger partial charge in [-0.05, 0) is 70.5 Å². The molecule has 4 nitrogen and oxygen atoms in total. The first kappa shape index (κ1) is 21.4. The van der Waals surface area contributed by atoms with Crippen molar-refractivity contribution >= 4 is 45.7 Å². The van der Waals surface area contributed by atoms with Gasteiger partial charge in [-0.3, -0.25) is 0 Å². The van der Waals surface area contributed by atoms with E-state index < -0.39 is 11.7 Å². The van der Waals surface area contributed by atoms with Gasteiger partial charge in [-0.1, -0.05) is 26.0 Å². The molecule has 8 heteroatoms. The highest BCUT2D eigenvalue weighted by atomic mass is 127. The number of hydrogen-bond donors (Lipinski definition) is 1. The van der Waals surface area contributed by atoms with E-state index in [1.807, 2.05) is 36.4 Å². The maximum atomic E-state index is 13.5. The molecule has 0 bridgehead atoms. The third kappa shape index (κ3) is 5.17. The van der Waals surface area contributed by atoms with Gasteiger partial charge in [-0.2, -0.15) is 18.2 Å². The lowest BCUT2D eigenvalue weighted by atomic mass is 10.0. The van der Waals surface area contributed by atoms with Crippen LogP contribution in [0.15, 0.2) is 54.7 Å². The third-order valence-corrected chi connectivity index (χ3v) is 5.15. The molecule has 0 fully saturated rings. The number of nitrogens with zero attached hydrogens (tertiary/aromatic N) is 3. The molecule has 1 N–H and O–H groups in total. The van der Waals surface area contributed by atoms with E-state index in [0.717, 1.165) is 21.0 Å². The molecule has 0 saturated heterocycles. The molecule has 3 rings (SSSR count). The smallest absolute Gasteiger partial charge is 0.340 e. The maximum Gasteiger partial charge on any atom is 0.421 e. The Balaban J connectivity index is 1.96. The van der Waals surface area contributed by atoms with Crippen LogP contribution in [0.1, 0.15) is 30.9 Å². The first-order valence-electron chi connectivity index (χ1n) is 8.95. The summed E-state index contributed by atoms with van der Waals surface area (Å²) in [5, 5.41) is 2.80. The summed E-state index contributed by atoms with van der Waals surface area (Å²) < 4.78 is 41.5. The monoisotopic (exact) mass is 512 g/mol. The average Bonchev–Trinajstić information content (AvgIpc) is 2.67. The van der Waals surface area contributed by atoms with Crippen molar-refractivity contribution in [3.8, 4) is 0 Å². The molecule has 1 heterocycles. The van der Waals surface area contributed by atoms with Crippen LogP contribution < -0.4 is 10.2 Å². The van der Waals surface area contributed by atoms with Crippen LogP contribution in [0.2, 0.25) is 0 Å². The Kier molecular flexibility index (Phi) is 6.30. The second-order valence-electron chi connectivity index (χ2n) is 6.87. The minimum atomic E-state index is -4.57. The standard InChI is InChI=1S/C21H20F3IN4/c1-13(2)14-4-8-16(9-5-14)27-19-18(21(22,23)24)12-26-20(28-19)29(3)17-10-6-15(25)7-11-17/h4-13H,1-3H3,(H,26,27,28). The van der Waals surface area contributed by atoms with Gasteiger partial charge in [-0.15, -0.1) is 0 Å². The lowest BCUT2D eigenvalue weighted by Crippen LogP contribution is -2.17. The molecule has 152 valence electrons. The summed E-state index contributed by atoms with van der Waals surface area (Å²) in [6.45, 7) is 4.11. The molecule has 2 aromatic carbocycles. The van der Waals surface area contributed by atoms with Crippen LogP contribution in [0.25, 0.3) is 0 Å². The molecular formula is C21H20F3IN4. The molecule has 0 aliphatic heterocycles. The van der Waals surface area contributed by atoms with Gasteiger partial charge in [0.1, 0.15) is 11.4 Å². The van der Waals surface area contributed by atoms with Crippen molar-refractivity contribution in [3.05, 3.63) is 69.4 Å². The average molecular weight is 512 g/mol. The number of benzene rings is 2. The third-order valence-electron chi connectivity index (χ3n) is 4.44. The largest absolute Gasteiger partial charge is 0.421 e. The highest BCUT2D eigenvalue weighted by Crippen LogP contribution is 2.36. The van der Waals surface area contributed by atoms with Crippen LogP contribution in [0.4, 0.5) is 36.3 Å². The zero-order valence-electron chi connectivity index (χ0n) is 16.1.